The highest BCUT2D eigenvalue weighted by Gasteiger charge is 2.23. The third-order valence-electron chi connectivity index (χ3n) is 3.00. The number of carbonyl (C=O) groups excluding carboxylic acids is 3. The lowest BCUT2D eigenvalue weighted by molar-refractivity contribution is -0.142. The number of nitrogens with zero attached hydrogens (tertiary/aromatic N) is 1. The minimum Gasteiger partial charge on any atom is -0.480 e. The van der Waals surface area contributed by atoms with Gasteiger partial charge >= 0.3 is 5.97 Å². The van der Waals surface area contributed by atoms with Crippen molar-refractivity contribution in [3.8, 4) is 0 Å². The highest BCUT2D eigenvalue weighted by Crippen LogP contribution is 2.08. The van der Waals surface area contributed by atoms with E-state index in [-0.39, 0.29) is 37.2 Å². The molecule has 3 N–H and O–H groups in total. The van der Waals surface area contributed by atoms with Crippen LogP contribution in [0, 0.1) is 0 Å². The molecule has 0 radical (unpaired) electrons. The molecule has 1 aliphatic heterocycles. The van der Waals surface area contributed by atoms with Gasteiger partial charge < -0.3 is 15.7 Å². The number of carboxylic acid groups (broad SMARTS) is 1. The lowest BCUT2D eigenvalue weighted by Gasteiger charge is -2.16. The highest BCUT2D eigenvalue weighted by atomic mass is 16.4. The smallest absolute Gasteiger partial charge is 0.326 e. The quantitative estimate of drug-likeness (QED) is 0.366. The third-order valence-corrected chi connectivity index (χ3v) is 3.00. The Kier molecular flexibility index (Phi) is 6.54. The predicted octanol–water partition coefficient (Wildman–Crippen LogP) is -1.13. The van der Waals surface area contributed by atoms with Gasteiger partial charge in [0.2, 0.25) is 5.91 Å². The molecule has 116 valence electrons. The van der Waals surface area contributed by atoms with E-state index < -0.39 is 12.0 Å². The Morgan fingerprint density at radius 3 is 2.38 bits per heavy atom. The maximum absolute atomic E-state index is 11.3. The van der Waals surface area contributed by atoms with Gasteiger partial charge in [0, 0.05) is 18.7 Å². The van der Waals surface area contributed by atoms with Gasteiger partial charge in [0.25, 0.3) is 11.8 Å². The SMILES string of the molecule is CNCC(=O)N[C@@H](CCCCN1C(=O)C=CC1=O)C(=O)O. The molecule has 0 bridgehead atoms. The van der Waals surface area contributed by atoms with Crippen LogP contribution in [0.1, 0.15) is 19.3 Å². The lowest BCUT2D eigenvalue weighted by atomic mass is 10.1. The Hall–Kier alpha value is -2.22. The molecule has 1 heterocycles. The van der Waals surface area contributed by atoms with Crippen LogP contribution in [0.2, 0.25) is 0 Å². The Balaban J connectivity index is 2.31. The number of rotatable bonds is 9. The van der Waals surface area contributed by atoms with Crippen molar-refractivity contribution in [2.24, 2.45) is 0 Å². The molecule has 0 unspecified atom stereocenters. The topological polar surface area (TPSA) is 116 Å². The van der Waals surface area contributed by atoms with Gasteiger partial charge in [-0.25, -0.2) is 4.79 Å². The van der Waals surface area contributed by atoms with Gasteiger partial charge in [0.15, 0.2) is 0 Å². The van der Waals surface area contributed by atoms with E-state index in [2.05, 4.69) is 10.6 Å². The van der Waals surface area contributed by atoms with E-state index in [0.29, 0.717) is 12.8 Å². The zero-order valence-corrected chi connectivity index (χ0v) is 11.8. The van der Waals surface area contributed by atoms with E-state index in [4.69, 9.17) is 5.11 Å². The van der Waals surface area contributed by atoms with E-state index >= 15 is 0 Å². The first-order valence-corrected chi connectivity index (χ1v) is 6.66. The monoisotopic (exact) mass is 297 g/mol. The number of carbonyl (C=O) groups is 4. The van der Waals surface area contributed by atoms with Crippen LogP contribution in [0.25, 0.3) is 0 Å². The summed E-state index contributed by atoms with van der Waals surface area (Å²) < 4.78 is 0. The zero-order chi connectivity index (χ0) is 15.8. The van der Waals surface area contributed by atoms with Gasteiger partial charge in [-0.1, -0.05) is 0 Å². The van der Waals surface area contributed by atoms with Crippen molar-refractivity contribution >= 4 is 23.7 Å². The molecule has 0 aliphatic carbocycles. The van der Waals surface area contributed by atoms with E-state index in [1.807, 2.05) is 0 Å². The van der Waals surface area contributed by atoms with E-state index in [1.54, 1.807) is 7.05 Å². The average molecular weight is 297 g/mol. The van der Waals surface area contributed by atoms with Crippen molar-refractivity contribution in [2.45, 2.75) is 25.3 Å². The Morgan fingerprint density at radius 2 is 1.86 bits per heavy atom. The number of likely N-dealkylation sites (N-methyl/N-ethyl adjacent to an activating group) is 1. The van der Waals surface area contributed by atoms with Gasteiger partial charge in [-0.2, -0.15) is 0 Å². The number of hydrogen-bond donors (Lipinski definition) is 3. The molecule has 0 aromatic rings. The number of unbranched alkanes of at least 4 members (excludes halogenated alkanes) is 1. The number of amides is 3. The lowest BCUT2D eigenvalue weighted by Crippen LogP contribution is -2.44. The van der Waals surface area contributed by atoms with Crippen LogP contribution in [0.3, 0.4) is 0 Å². The van der Waals surface area contributed by atoms with Crippen LogP contribution in [-0.4, -0.2) is 59.9 Å². The summed E-state index contributed by atoms with van der Waals surface area (Å²) in [6.07, 6.45) is 3.63. The Morgan fingerprint density at radius 1 is 1.24 bits per heavy atom. The van der Waals surface area contributed by atoms with Gasteiger partial charge in [-0.3, -0.25) is 19.3 Å². The van der Waals surface area contributed by atoms with Crippen LogP contribution >= 0.6 is 0 Å². The van der Waals surface area contributed by atoms with Crippen LogP contribution in [0.15, 0.2) is 12.2 Å². The summed E-state index contributed by atoms with van der Waals surface area (Å²) >= 11 is 0. The molecular weight excluding hydrogens is 278 g/mol. The summed E-state index contributed by atoms with van der Waals surface area (Å²) in [6, 6.07) is -0.964. The molecule has 0 fully saturated rings. The van der Waals surface area contributed by atoms with Gasteiger partial charge in [-0.05, 0) is 26.3 Å². The third kappa shape index (κ3) is 5.35. The molecule has 8 nitrogen and oxygen atoms in total. The van der Waals surface area contributed by atoms with Crippen LogP contribution in [-0.2, 0) is 19.2 Å². The molecule has 0 spiro atoms. The van der Waals surface area contributed by atoms with Crippen molar-refractivity contribution in [1.29, 1.82) is 0 Å². The summed E-state index contributed by atoms with van der Waals surface area (Å²) in [5.41, 5.74) is 0. The second-order valence-corrected chi connectivity index (χ2v) is 4.65. The molecule has 0 saturated carbocycles. The summed E-state index contributed by atoms with van der Waals surface area (Å²) in [4.78, 5) is 46.1. The Labute approximate surface area is 122 Å². The minimum atomic E-state index is -1.10. The zero-order valence-electron chi connectivity index (χ0n) is 11.8. The van der Waals surface area contributed by atoms with Gasteiger partial charge in [0.1, 0.15) is 6.04 Å². The molecule has 1 rings (SSSR count). The van der Waals surface area contributed by atoms with Crippen LogP contribution < -0.4 is 10.6 Å². The maximum Gasteiger partial charge on any atom is 0.326 e. The van der Waals surface area contributed by atoms with Crippen molar-refractivity contribution in [2.75, 3.05) is 20.1 Å². The normalized spacial score (nSPS) is 15.4. The predicted molar refractivity (Wildman–Crippen MR) is 73.2 cm³/mol. The second kappa shape index (κ2) is 8.15. The molecule has 1 aliphatic rings. The molecule has 0 saturated heterocycles. The fourth-order valence-corrected chi connectivity index (χ4v) is 1.93. The highest BCUT2D eigenvalue weighted by molar-refractivity contribution is 6.12. The van der Waals surface area contributed by atoms with Crippen molar-refractivity contribution in [1.82, 2.24) is 15.5 Å². The standard InChI is InChI=1S/C13H19N3O5/c1-14-8-10(17)15-9(13(20)21)4-2-3-7-16-11(18)5-6-12(16)19/h5-6,9,14H,2-4,7-8H2,1H3,(H,15,17)(H,20,21)/t9-/m0/s1. The van der Waals surface area contributed by atoms with Crippen molar-refractivity contribution in [3.63, 3.8) is 0 Å². The number of imide groups is 1. The largest absolute Gasteiger partial charge is 0.480 e. The van der Waals surface area contributed by atoms with E-state index in [0.717, 1.165) is 4.90 Å². The Bertz CT molecular complexity index is 443. The van der Waals surface area contributed by atoms with E-state index in [9.17, 15) is 19.2 Å². The maximum atomic E-state index is 11.3. The molecule has 0 aromatic carbocycles. The molecule has 3 amide bonds. The number of nitrogens with one attached hydrogen (secondary N) is 2. The fourth-order valence-electron chi connectivity index (χ4n) is 1.93. The molecule has 8 heteroatoms. The molecule has 1 atom stereocenters. The van der Waals surface area contributed by atoms with Crippen molar-refractivity contribution in [3.05, 3.63) is 12.2 Å². The first-order chi connectivity index (χ1) is 9.95. The van der Waals surface area contributed by atoms with Crippen molar-refractivity contribution < 1.29 is 24.3 Å². The minimum absolute atomic E-state index is 0.0478. The van der Waals surface area contributed by atoms with Crippen LogP contribution in [0.4, 0.5) is 0 Å². The first-order valence-electron chi connectivity index (χ1n) is 6.66. The summed E-state index contributed by atoms with van der Waals surface area (Å²) in [5, 5.41) is 14.1. The van der Waals surface area contributed by atoms with Crippen LogP contribution in [0.5, 0.6) is 0 Å². The van der Waals surface area contributed by atoms with E-state index in [1.165, 1.54) is 12.2 Å². The second-order valence-electron chi connectivity index (χ2n) is 4.65. The first kappa shape index (κ1) is 16.8. The number of carboxylic acids is 1. The summed E-state index contributed by atoms with van der Waals surface area (Å²) in [5.74, 6) is -2.19. The number of aliphatic carboxylic acids is 1. The summed E-state index contributed by atoms with van der Waals surface area (Å²) in [7, 11) is 1.59. The summed E-state index contributed by atoms with van der Waals surface area (Å²) in [6.45, 7) is 0.299. The number of hydrogen-bond acceptors (Lipinski definition) is 5. The van der Waals surface area contributed by atoms with Gasteiger partial charge in [-0.15, -0.1) is 0 Å². The molecule has 21 heavy (non-hydrogen) atoms. The fraction of sp³-hybridized carbons (Fsp3) is 0.538. The molecule has 0 aromatic heterocycles. The van der Waals surface area contributed by atoms with Gasteiger partial charge in [0.05, 0.1) is 6.54 Å². The average Bonchev–Trinajstić information content (AvgIpc) is 2.73. The molecular formula is C13H19N3O5.